The normalized spacial score (nSPS) is 26.9. The third-order valence-corrected chi connectivity index (χ3v) is 5.28. The molecule has 0 aromatic rings. The molecule has 1 saturated heterocycles. The average molecular weight is 276 g/mol. The Bertz CT molecular complexity index is 394. The topological polar surface area (TPSA) is 44.1 Å². The number of hydrogen-bond donors (Lipinski definition) is 0. The molecule has 112 valence electrons. The zero-order valence-corrected chi connectivity index (χ0v) is 13.2. The Morgan fingerprint density at radius 1 is 1.20 bits per heavy atom. The second kappa shape index (κ2) is 5.76. The second-order valence-corrected chi connectivity index (χ2v) is 7.71. The van der Waals surface area contributed by atoms with Gasteiger partial charge in [0.25, 0.3) is 0 Å². The Balaban J connectivity index is 2.09. The van der Waals surface area contributed by atoms with E-state index in [1.54, 1.807) is 0 Å². The van der Waals surface area contributed by atoms with Gasteiger partial charge in [-0.3, -0.25) is 4.79 Å². The molecule has 3 nitrogen and oxygen atoms in total. The van der Waals surface area contributed by atoms with Crippen molar-refractivity contribution in [2.45, 2.75) is 65.7 Å². The fourth-order valence-corrected chi connectivity index (χ4v) is 3.66. The molecule has 0 bridgehead atoms. The van der Waals surface area contributed by atoms with E-state index in [4.69, 9.17) is 0 Å². The van der Waals surface area contributed by atoms with E-state index in [9.17, 15) is 10.1 Å². The van der Waals surface area contributed by atoms with Gasteiger partial charge in [0.05, 0.1) is 6.07 Å². The Labute approximate surface area is 123 Å². The first-order chi connectivity index (χ1) is 9.39. The van der Waals surface area contributed by atoms with Crippen molar-refractivity contribution in [2.75, 3.05) is 13.1 Å². The van der Waals surface area contributed by atoms with Gasteiger partial charge in [-0.15, -0.1) is 0 Å². The summed E-state index contributed by atoms with van der Waals surface area (Å²) in [7, 11) is 0. The van der Waals surface area contributed by atoms with Crippen molar-refractivity contribution in [3.8, 4) is 6.07 Å². The first kappa shape index (κ1) is 15.4. The minimum Gasteiger partial charge on any atom is -0.341 e. The molecule has 0 N–H and O–H groups in total. The van der Waals surface area contributed by atoms with E-state index in [0.717, 1.165) is 45.2 Å². The lowest BCUT2D eigenvalue weighted by atomic mass is 9.79. The van der Waals surface area contributed by atoms with Gasteiger partial charge in [0, 0.05) is 13.1 Å². The van der Waals surface area contributed by atoms with E-state index in [2.05, 4.69) is 26.8 Å². The highest BCUT2D eigenvalue weighted by molar-refractivity contribution is 5.85. The molecule has 0 aromatic carbocycles. The molecule has 3 heteroatoms. The van der Waals surface area contributed by atoms with Crippen LogP contribution in [0.25, 0.3) is 0 Å². The molecule has 2 aliphatic rings. The largest absolute Gasteiger partial charge is 0.341 e. The van der Waals surface area contributed by atoms with E-state index < -0.39 is 5.41 Å². The van der Waals surface area contributed by atoms with Gasteiger partial charge in [-0.05, 0) is 30.6 Å². The molecule has 1 atom stereocenters. The van der Waals surface area contributed by atoms with E-state index in [0.29, 0.717) is 5.92 Å². The third kappa shape index (κ3) is 3.00. The number of rotatable bonds is 1. The second-order valence-electron chi connectivity index (χ2n) is 7.71. The zero-order valence-electron chi connectivity index (χ0n) is 13.2. The SMILES string of the molecule is CC(C)(C)C1CCN(C(=O)C2(C#N)CCCCCC2)C1. The highest BCUT2D eigenvalue weighted by Crippen LogP contribution is 2.40. The summed E-state index contributed by atoms with van der Waals surface area (Å²) in [5.74, 6) is 0.682. The van der Waals surface area contributed by atoms with Crippen molar-refractivity contribution in [3.05, 3.63) is 0 Å². The van der Waals surface area contributed by atoms with Crippen LogP contribution in [0.5, 0.6) is 0 Å². The fraction of sp³-hybridized carbons (Fsp3) is 0.882. The molecule has 1 heterocycles. The van der Waals surface area contributed by atoms with Gasteiger partial charge >= 0.3 is 0 Å². The third-order valence-electron chi connectivity index (χ3n) is 5.28. The maximum atomic E-state index is 12.9. The van der Waals surface area contributed by atoms with E-state index in [-0.39, 0.29) is 11.3 Å². The molecule has 1 saturated carbocycles. The van der Waals surface area contributed by atoms with Crippen molar-refractivity contribution >= 4 is 5.91 Å². The lowest BCUT2D eigenvalue weighted by Gasteiger charge is -2.31. The first-order valence-electron chi connectivity index (χ1n) is 8.10. The Morgan fingerprint density at radius 3 is 2.25 bits per heavy atom. The van der Waals surface area contributed by atoms with Gasteiger partial charge in [0.15, 0.2) is 0 Å². The standard InChI is InChI=1S/C17H28N2O/c1-16(2,3)14-8-11-19(12-14)15(20)17(13-18)9-6-4-5-7-10-17/h14H,4-12H2,1-3H3. The summed E-state index contributed by atoms with van der Waals surface area (Å²) in [6.45, 7) is 8.42. The maximum absolute atomic E-state index is 12.9. The number of hydrogen-bond acceptors (Lipinski definition) is 2. The van der Waals surface area contributed by atoms with Crippen LogP contribution >= 0.6 is 0 Å². The summed E-state index contributed by atoms with van der Waals surface area (Å²) in [5, 5.41) is 9.63. The van der Waals surface area contributed by atoms with Gasteiger partial charge in [-0.2, -0.15) is 5.26 Å². The van der Waals surface area contributed by atoms with E-state index in [1.165, 1.54) is 12.8 Å². The van der Waals surface area contributed by atoms with Crippen LogP contribution in [0.3, 0.4) is 0 Å². The van der Waals surface area contributed by atoms with Gasteiger partial charge in [-0.25, -0.2) is 0 Å². The molecule has 2 fully saturated rings. The Hall–Kier alpha value is -1.04. The van der Waals surface area contributed by atoms with Crippen LogP contribution < -0.4 is 0 Å². The smallest absolute Gasteiger partial charge is 0.243 e. The molecule has 2 rings (SSSR count). The summed E-state index contributed by atoms with van der Waals surface area (Å²) in [5.41, 5.74) is -0.471. The van der Waals surface area contributed by atoms with Crippen LogP contribution in [0.2, 0.25) is 0 Å². The van der Waals surface area contributed by atoms with Crippen LogP contribution in [0.1, 0.15) is 65.7 Å². The molecule has 0 spiro atoms. The first-order valence-corrected chi connectivity index (χ1v) is 8.10. The molecule has 1 amide bonds. The minimum atomic E-state index is -0.719. The summed E-state index contributed by atoms with van der Waals surface area (Å²) in [6.07, 6.45) is 6.99. The molecule has 0 aromatic heterocycles. The Morgan fingerprint density at radius 2 is 1.80 bits per heavy atom. The molecular weight excluding hydrogens is 248 g/mol. The number of carbonyl (C=O) groups is 1. The lowest BCUT2D eigenvalue weighted by molar-refractivity contribution is -0.138. The number of nitriles is 1. The van der Waals surface area contributed by atoms with Crippen LogP contribution in [0, 0.1) is 28.1 Å². The van der Waals surface area contributed by atoms with Crippen molar-refractivity contribution < 1.29 is 4.79 Å². The minimum absolute atomic E-state index is 0.119. The van der Waals surface area contributed by atoms with Gasteiger partial charge in [0.1, 0.15) is 5.41 Å². The summed E-state index contributed by atoms with van der Waals surface area (Å²) in [6, 6.07) is 2.40. The molecule has 1 aliphatic heterocycles. The van der Waals surface area contributed by atoms with Crippen molar-refractivity contribution in [1.82, 2.24) is 4.90 Å². The average Bonchev–Trinajstić information content (AvgIpc) is 2.77. The highest BCUT2D eigenvalue weighted by atomic mass is 16.2. The van der Waals surface area contributed by atoms with E-state index in [1.807, 2.05) is 4.90 Å². The molecule has 0 radical (unpaired) electrons. The van der Waals surface area contributed by atoms with Crippen LogP contribution in [-0.2, 0) is 4.79 Å². The molecule has 20 heavy (non-hydrogen) atoms. The lowest BCUT2D eigenvalue weighted by Crippen LogP contribution is -2.42. The summed E-state index contributed by atoms with van der Waals surface area (Å²) >= 11 is 0. The number of amides is 1. The van der Waals surface area contributed by atoms with Crippen LogP contribution in [0.4, 0.5) is 0 Å². The predicted molar refractivity (Wildman–Crippen MR) is 79.9 cm³/mol. The zero-order chi connectivity index (χ0) is 14.8. The predicted octanol–water partition coefficient (Wildman–Crippen LogP) is 3.75. The van der Waals surface area contributed by atoms with E-state index >= 15 is 0 Å². The summed E-state index contributed by atoms with van der Waals surface area (Å²) in [4.78, 5) is 14.9. The van der Waals surface area contributed by atoms with Crippen LogP contribution in [0.15, 0.2) is 0 Å². The van der Waals surface area contributed by atoms with Crippen molar-refractivity contribution in [2.24, 2.45) is 16.7 Å². The van der Waals surface area contributed by atoms with Gasteiger partial charge < -0.3 is 4.90 Å². The molecule has 1 unspecified atom stereocenters. The van der Waals surface area contributed by atoms with Crippen molar-refractivity contribution in [3.63, 3.8) is 0 Å². The summed E-state index contributed by atoms with van der Waals surface area (Å²) < 4.78 is 0. The quantitative estimate of drug-likeness (QED) is 0.685. The van der Waals surface area contributed by atoms with Crippen molar-refractivity contribution in [1.29, 1.82) is 5.26 Å². The molecule has 1 aliphatic carbocycles. The van der Waals surface area contributed by atoms with Gasteiger partial charge in [0.2, 0.25) is 5.91 Å². The van der Waals surface area contributed by atoms with Gasteiger partial charge in [-0.1, -0.05) is 46.5 Å². The fourth-order valence-electron chi connectivity index (χ4n) is 3.66. The highest BCUT2D eigenvalue weighted by Gasteiger charge is 2.44. The maximum Gasteiger partial charge on any atom is 0.243 e. The number of carbonyl (C=O) groups excluding carboxylic acids is 1. The number of nitrogens with zero attached hydrogens (tertiary/aromatic N) is 2. The number of likely N-dealkylation sites (tertiary alicyclic amines) is 1. The molecular formula is C17H28N2O. The Kier molecular flexibility index (Phi) is 4.42. The van der Waals surface area contributed by atoms with Crippen LogP contribution in [-0.4, -0.2) is 23.9 Å². The monoisotopic (exact) mass is 276 g/mol.